The van der Waals surface area contributed by atoms with Gasteiger partial charge in [0.25, 0.3) is 0 Å². The Balaban J connectivity index is 2.02. The first-order valence-electron chi connectivity index (χ1n) is 2.92. The second-order valence-corrected chi connectivity index (χ2v) is 2.05. The zero-order valence-electron chi connectivity index (χ0n) is 5.31. The molecule has 0 aromatic heterocycles. The highest BCUT2D eigenvalue weighted by Crippen LogP contribution is 2.17. The fourth-order valence-corrected chi connectivity index (χ4v) is 0.535. The van der Waals surface area contributed by atoms with E-state index in [-0.39, 0.29) is 6.03 Å². The number of nitrogens with one attached hydrogen (secondary N) is 2. The van der Waals surface area contributed by atoms with Crippen molar-refractivity contribution in [1.29, 1.82) is 0 Å². The average Bonchev–Trinajstić information content (AvgIpc) is 2.50. The van der Waals surface area contributed by atoms with E-state index in [1.165, 1.54) is 7.11 Å². The normalized spacial score (nSPS) is 17.0. The third kappa shape index (κ3) is 2.32. The Hall–Kier alpha value is -0.770. The van der Waals surface area contributed by atoms with E-state index in [2.05, 4.69) is 15.6 Å². The molecule has 1 saturated carbocycles. The van der Waals surface area contributed by atoms with E-state index < -0.39 is 0 Å². The molecule has 0 bridgehead atoms. The monoisotopic (exact) mass is 130 g/mol. The minimum absolute atomic E-state index is 0.250. The second-order valence-electron chi connectivity index (χ2n) is 2.05. The van der Waals surface area contributed by atoms with Crippen molar-refractivity contribution in [1.82, 2.24) is 10.8 Å². The number of carbonyl (C=O) groups is 1. The number of hydrogen-bond donors (Lipinski definition) is 2. The van der Waals surface area contributed by atoms with Crippen LogP contribution in [0.15, 0.2) is 0 Å². The first kappa shape index (κ1) is 6.35. The molecule has 2 N–H and O–H groups in total. The highest BCUT2D eigenvalue weighted by Gasteiger charge is 2.22. The van der Waals surface area contributed by atoms with Gasteiger partial charge in [0.15, 0.2) is 0 Å². The van der Waals surface area contributed by atoms with Crippen molar-refractivity contribution in [2.45, 2.75) is 18.9 Å². The average molecular weight is 130 g/mol. The SMILES string of the molecule is CONC(=O)NC1CC1. The molecule has 52 valence electrons. The largest absolute Gasteiger partial charge is 0.338 e. The van der Waals surface area contributed by atoms with Crippen molar-refractivity contribution in [3.8, 4) is 0 Å². The van der Waals surface area contributed by atoms with Crippen LogP contribution in [0.2, 0.25) is 0 Å². The number of amides is 2. The molecule has 1 fully saturated rings. The fraction of sp³-hybridized carbons (Fsp3) is 0.800. The molecule has 0 aromatic rings. The fourth-order valence-electron chi connectivity index (χ4n) is 0.535. The van der Waals surface area contributed by atoms with E-state index in [9.17, 15) is 4.79 Å². The zero-order valence-corrected chi connectivity index (χ0v) is 5.31. The van der Waals surface area contributed by atoms with Crippen LogP contribution in [-0.2, 0) is 4.84 Å². The molecule has 0 spiro atoms. The Morgan fingerprint density at radius 1 is 1.67 bits per heavy atom. The maximum absolute atomic E-state index is 10.5. The number of hydrogen-bond acceptors (Lipinski definition) is 2. The van der Waals surface area contributed by atoms with Gasteiger partial charge in [-0.2, -0.15) is 0 Å². The van der Waals surface area contributed by atoms with Crippen LogP contribution >= 0.6 is 0 Å². The van der Waals surface area contributed by atoms with Crippen LogP contribution in [0.5, 0.6) is 0 Å². The summed E-state index contributed by atoms with van der Waals surface area (Å²) >= 11 is 0. The number of carbonyl (C=O) groups excluding carboxylic acids is 1. The van der Waals surface area contributed by atoms with E-state index in [0.29, 0.717) is 6.04 Å². The summed E-state index contributed by atoms with van der Waals surface area (Å²) < 4.78 is 0. The van der Waals surface area contributed by atoms with Gasteiger partial charge in [-0.05, 0) is 12.8 Å². The Kier molecular flexibility index (Phi) is 1.89. The molecule has 2 amide bonds. The van der Waals surface area contributed by atoms with Gasteiger partial charge in [0.1, 0.15) is 0 Å². The van der Waals surface area contributed by atoms with Crippen LogP contribution in [0, 0.1) is 0 Å². The number of rotatable bonds is 2. The Morgan fingerprint density at radius 3 is 2.78 bits per heavy atom. The summed E-state index contributed by atoms with van der Waals surface area (Å²) in [5.41, 5.74) is 2.17. The summed E-state index contributed by atoms with van der Waals surface area (Å²) in [4.78, 5) is 14.9. The van der Waals surface area contributed by atoms with E-state index in [4.69, 9.17) is 0 Å². The van der Waals surface area contributed by atoms with Crippen molar-refractivity contribution in [3.63, 3.8) is 0 Å². The quantitative estimate of drug-likeness (QED) is 0.517. The van der Waals surface area contributed by atoms with Gasteiger partial charge in [0, 0.05) is 6.04 Å². The van der Waals surface area contributed by atoms with Gasteiger partial charge in [0.2, 0.25) is 0 Å². The van der Waals surface area contributed by atoms with E-state index in [1.807, 2.05) is 0 Å². The van der Waals surface area contributed by atoms with E-state index in [1.54, 1.807) is 0 Å². The molecule has 0 saturated heterocycles. The van der Waals surface area contributed by atoms with E-state index in [0.717, 1.165) is 12.8 Å². The lowest BCUT2D eigenvalue weighted by Crippen LogP contribution is -2.35. The summed E-state index contributed by atoms with van der Waals surface area (Å²) in [5, 5.41) is 2.68. The van der Waals surface area contributed by atoms with Gasteiger partial charge < -0.3 is 5.32 Å². The maximum Gasteiger partial charge on any atom is 0.338 e. The van der Waals surface area contributed by atoms with E-state index >= 15 is 0 Å². The van der Waals surface area contributed by atoms with Crippen LogP contribution in [0.25, 0.3) is 0 Å². The predicted molar refractivity (Wildman–Crippen MR) is 31.7 cm³/mol. The van der Waals surface area contributed by atoms with Crippen molar-refractivity contribution in [2.75, 3.05) is 7.11 Å². The van der Waals surface area contributed by atoms with Crippen LogP contribution in [-0.4, -0.2) is 19.2 Å². The minimum atomic E-state index is -0.250. The molecule has 1 rings (SSSR count). The molecular formula is C5H10N2O2. The van der Waals surface area contributed by atoms with Gasteiger partial charge in [-0.3, -0.25) is 4.84 Å². The highest BCUT2D eigenvalue weighted by molar-refractivity contribution is 5.73. The third-order valence-electron chi connectivity index (χ3n) is 1.11. The first-order valence-corrected chi connectivity index (χ1v) is 2.92. The molecule has 0 unspecified atom stereocenters. The predicted octanol–water partition coefficient (Wildman–Crippen LogP) is 0.00940. The van der Waals surface area contributed by atoms with Gasteiger partial charge in [0.05, 0.1) is 7.11 Å². The summed E-state index contributed by atoms with van der Waals surface area (Å²) in [5.74, 6) is 0. The van der Waals surface area contributed by atoms with Crippen LogP contribution in [0.4, 0.5) is 4.79 Å². The molecule has 4 heteroatoms. The van der Waals surface area contributed by atoms with Crippen molar-refractivity contribution < 1.29 is 9.63 Å². The summed E-state index contributed by atoms with van der Waals surface area (Å²) in [6, 6.07) is 0.139. The number of hydroxylamine groups is 1. The molecular weight excluding hydrogens is 120 g/mol. The molecule has 0 heterocycles. The summed E-state index contributed by atoms with van der Waals surface area (Å²) in [6.07, 6.45) is 2.19. The maximum atomic E-state index is 10.5. The molecule has 4 nitrogen and oxygen atoms in total. The van der Waals surface area contributed by atoms with Crippen LogP contribution < -0.4 is 10.8 Å². The van der Waals surface area contributed by atoms with Gasteiger partial charge >= 0.3 is 6.03 Å². The van der Waals surface area contributed by atoms with Crippen molar-refractivity contribution in [3.05, 3.63) is 0 Å². The molecule has 1 aliphatic rings. The first-order chi connectivity index (χ1) is 4.33. The topological polar surface area (TPSA) is 50.4 Å². The third-order valence-corrected chi connectivity index (χ3v) is 1.11. The van der Waals surface area contributed by atoms with Gasteiger partial charge in [-0.1, -0.05) is 0 Å². The lowest BCUT2D eigenvalue weighted by Gasteiger charge is -2.01. The van der Waals surface area contributed by atoms with Crippen molar-refractivity contribution >= 4 is 6.03 Å². The summed E-state index contributed by atoms with van der Waals surface area (Å²) in [6.45, 7) is 0. The number of urea groups is 1. The van der Waals surface area contributed by atoms with Crippen LogP contribution in [0.3, 0.4) is 0 Å². The standard InChI is InChI=1S/C5H10N2O2/c1-9-7-5(8)6-4-2-3-4/h4H,2-3H2,1H3,(H2,6,7,8). The molecule has 0 aliphatic heterocycles. The lowest BCUT2D eigenvalue weighted by atomic mass is 10.7. The molecule has 0 atom stereocenters. The minimum Gasteiger partial charge on any atom is -0.334 e. The van der Waals surface area contributed by atoms with Crippen LogP contribution in [0.1, 0.15) is 12.8 Å². The molecule has 1 aliphatic carbocycles. The molecule has 0 aromatic carbocycles. The Morgan fingerprint density at radius 2 is 2.33 bits per heavy atom. The smallest absolute Gasteiger partial charge is 0.334 e. The second kappa shape index (κ2) is 2.68. The Bertz CT molecular complexity index is 112. The zero-order chi connectivity index (χ0) is 6.69. The Labute approximate surface area is 53.5 Å². The van der Waals surface area contributed by atoms with Gasteiger partial charge in [-0.25, -0.2) is 10.3 Å². The highest BCUT2D eigenvalue weighted by atomic mass is 16.6. The van der Waals surface area contributed by atoms with Gasteiger partial charge in [-0.15, -0.1) is 0 Å². The molecule has 9 heavy (non-hydrogen) atoms. The molecule has 0 radical (unpaired) electrons. The lowest BCUT2D eigenvalue weighted by molar-refractivity contribution is 0.107. The summed E-state index contributed by atoms with van der Waals surface area (Å²) in [7, 11) is 1.41. The van der Waals surface area contributed by atoms with Crippen molar-refractivity contribution in [2.24, 2.45) is 0 Å².